The SMILES string of the molecule is CC[C@H](C)CC1(C[C@@H](C)CC)c2cc(Br)ccc2-c2ccc(-c3ccc4c(c3)C(C[C@@H](C)CC)(C[C@@H](C)CC)c3cc(I)ccc3-4)cc21. The molecule has 0 aromatic heterocycles. The molecule has 0 aliphatic heterocycles. The van der Waals surface area contributed by atoms with Crippen LogP contribution in [0.3, 0.4) is 0 Å². The van der Waals surface area contributed by atoms with Gasteiger partial charge >= 0.3 is 0 Å². The fourth-order valence-electron chi connectivity index (χ4n) is 9.30. The van der Waals surface area contributed by atoms with Gasteiger partial charge in [0.15, 0.2) is 0 Å². The Kier molecular flexibility index (Phi) is 10.8. The first-order valence-corrected chi connectivity index (χ1v) is 20.8. The van der Waals surface area contributed by atoms with E-state index in [1.165, 1.54) is 98.4 Å². The van der Waals surface area contributed by atoms with Gasteiger partial charge in [-0.1, -0.05) is 133 Å². The molecular formula is C46H56BrI. The van der Waals surface area contributed by atoms with Crippen molar-refractivity contribution in [3.05, 3.63) is 103 Å². The van der Waals surface area contributed by atoms with Crippen LogP contribution in [0.15, 0.2) is 77.3 Å². The zero-order valence-corrected chi connectivity index (χ0v) is 34.4. The third kappa shape index (κ3) is 6.29. The summed E-state index contributed by atoms with van der Waals surface area (Å²) in [6.07, 6.45) is 9.65. The first-order valence-electron chi connectivity index (χ1n) is 18.9. The van der Waals surface area contributed by atoms with Crippen LogP contribution in [0.4, 0.5) is 0 Å². The first kappa shape index (κ1) is 35.9. The molecule has 2 heteroatoms. The predicted octanol–water partition coefficient (Wildman–Crippen LogP) is 15.0. The van der Waals surface area contributed by atoms with Gasteiger partial charge in [0, 0.05) is 18.9 Å². The number of benzene rings is 4. The number of hydrogen-bond acceptors (Lipinski definition) is 0. The zero-order valence-electron chi connectivity index (χ0n) is 30.7. The van der Waals surface area contributed by atoms with E-state index in [-0.39, 0.29) is 10.8 Å². The third-order valence-corrected chi connectivity index (χ3v) is 13.7. The van der Waals surface area contributed by atoms with E-state index in [0.29, 0.717) is 23.7 Å². The molecule has 0 N–H and O–H groups in total. The number of rotatable bonds is 13. The van der Waals surface area contributed by atoms with Crippen LogP contribution in [0.25, 0.3) is 33.4 Å². The van der Waals surface area contributed by atoms with Gasteiger partial charge in [-0.15, -0.1) is 0 Å². The van der Waals surface area contributed by atoms with Gasteiger partial charge in [0.05, 0.1) is 0 Å². The van der Waals surface area contributed by atoms with E-state index in [9.17, 15) is 0 Å². The summed E-state index contributed by atoms with van der Waals surface area (Å²) in [6, 6.07) is 29.3. The van der Waals surface area contributed by atoms with Crippen molar-refractivity contribution in [2.75, 3.05) is 0 Å². The Bertz CT molecular complexity index is 1630. The topological polar surface area (TPSA) is 0 Å². The summed E-state index contributed by atoms with van der Waals surface area (Å²) >= 11 is 6.41. The molecule has 6 rings (SSSR count). The van der Waals surface area contributed by atoms with Gasteiger partial charge in [-0.3, -0.25) is 0 Å². The smallest absolute Gasteiger partial charge is 0.0220 e. The highest BCUT2D eigenvalue weighted by Gasteiger charge is 2.46. The number of fused-ring (bicyclic) bond motifs is 6. The summed E-state index contributed by atoms with van der Waals surface area (Å²) in [5.41, 5.74) is 14.8. The lowest BCUT2D eigenvalue weighted by atomic mass is 9.66. The first-order chi connectivity index (χ1) is 23.0. The largest absolute Gasteiger partial charge is 0.0651 e. The second-order valence-electron chi connectivity index (χ2n) is 15.9. The molecule has 4 aromatic rings. The molecule has 0 heterocycles. The highest BCUT2D eigenvalue weighted by Crippen LogP contribution is 2.59. The van der Waals surface area contributed by atoms with Gasteiger partial charge < -0.3 is 0 Å². The molecule has 48 heavy (non-hydrogen) atoms. The summed E-state index contributed by atoms with van der Waals surface area (Å²) in [5.74, 6) is 2.62. The Labute approximate surface area is 314 Å². The fraction of sp³-hybridized carbons (Fsp3) is 0.478. The minimum Gasteiger partial charge on any atom is -0.0651 e. The lowest BCUT2D eigenvalue weighted by Crippen LogP contribution is -2.30. The monoisotopic (exact) mass is 814 g/mol. The van der Waals surface area contributed by atoms with Crippen molar-refractivity contribution in [3.63, 3.8) is 0 Å². The number of hydrogen-bond donors (Lipinski definition) is 0. The molecule has 0 saturated heterocycles. The Balaban J connectivity index is 1.56. The molecule has 0 nitrogen and oxygen atoms in total. The van der Waals surface area contributed by atoms with E-state index in [0.717, 1.165) is 0 Å². The molecule has 4 aromatic carbocycles. The molecule has 4 atom stereocenters. The second kappa shape index (κ2) is 14.4. The van der Waals surface area contributed by atoms with Crippen molar-refractivity contribution in [1.29, 1.82) is 0 Å². The van der Waals surface area contributed by atoms with E-state index >= 15 is 0 Å². The summed E-state index contributed by atoms with van der Waals surface area (Å²) in [5, 5.41) is 0. The normalized spacial score (nSPS) is 17.6. The quantitative estimate of drug-likeness (QED) is 0.118. The predicted molar refractivity (Wildman–Crippen MR) is 221 cm³/mol. The van der Waals surface area contributed by atoms with Crippen LogP contribution in [-0.2, 0) is 10.8 Å². The van der Waals surface area contributed by atoms with E-state index in [1.807, 2.05) is 0 Å². The fourth-order valence-corrected chi connectivity index (χ4v) is 10.1. The lowest BCUT2D eigenvalue weighted by Gasteiger charge is -2.37. The minimum absolute atomic E-state index is 0.0236. The summed E-state index contributed by atoms with van der Waals surface area (Å²) in [7, 11) is 0. The van der Waals surface area contributed by atoms with Crippen LogP contribution in [0.2, 0.25) is 0 Å². The molecule has 0 bridgehead atoms. The second-order valence-corrected chi connectivity index (χ2v) is 18.1. The summed E-state index contributed by atoms with van der Waals surface area (Å²) < 4.78 is 2.54. The molecule has 0 spiro atoms. The van der Waals surface area contributed by atoms with Crippen molar-refractivity contribution in [3.8, 4) is 33.4 Å². The third-order valence-electron chi connectivity index (χ3n) is 12.6. The van der Waals surface area contributed by atoms with Crippen molar-refractivity contribution in [1.82, 2.24) is 0 Å². The van der Waals surface area contributed by atoms with Gasteiger partial charge in [0.2, 0.25) is 0 Å². The maximum atomic E-state index is 3.88. The standard InChI is InChI=1S/C46H56BrI/c1-9-29(5)25-45(26-30(6)10-2)41-21-33(13-17-37(41)39-19-15-35(47)23-43(39)45)34-14-18-38-40-20-16-36(48)24-44(40)46(42(38)22-34,27-31(7)11-3)28-32(8)12-4/h13-24,29-32H,9-12,25-28H2,1-8H3/t29-,30-,31-,32-/m0/s1. The minimum atomic E-state index is 0.0236. The Morgan fingerprint density at radius 1 is 0.479 bits per heavy atom. The van der Waals surface area contributed by atoms with Crippen molar-refractivity contribution >= 4 is 38.5 Å². The molecule has 0 saturated carbocycles. The van der Waals surface area contributed by atoms with Crippen molar-refractivity contribution < 1.29 is 0 Å². The average Bonchev–Trinajstić information content (AvgIpc) is 3.49. The lowest BCUT2D eigenvalue weighted by molar-refractivity contribution is 0.308. The van der Waals surface area contributed by atoms with Crippen molar-refractivity contribution in [2.24, 2.45) is 23.7 Å². The molecule has 0 unspecified atom stereocenters. The highest BCUT2D eigenvalue weighted by atomic mass is 127. The van der Waals surface area contributed by atoms with Gasteiger partial charge in [-0.05, 0) is 164 Å². The maximum Gasteiger partial charge on any atom is 0.0220 e. The van der Waals surface area contributed by atoms with Crippen LogP contribution in [0.1, 0.15) is 129 Å². The summed E-state index contributed by atoms with van der Waals surface area (Å²) in [6.45, 7) is 19.3. The molecule has 254 valence electrons. The van der Waals surface area contributed by atoms with Crippen LogP contribution in [0.5, 0.6) is 0 Å². The number of halogens is 2. The maximum absolute atomic E-state index is 3.88. The highest BCUT2D eigenvalue weighted by molar-refractivity contribution is 14.1. The van der Waals surface area contributed by atoms with Gasteiger partial charge in [-0.2, -0.15) is 0 Å². The molecule has 0 radical (unpaired) electrons. The van der Waals surface area contributed by atoms with Crippen LogP contribution < -0.4 is 0 Å². The molecule has 0 fully saturated rings. The Morgan fingerprint density at radius 2 is 0.812 bits per heavy atom. The summed E-state index contributed by atoms with van der Waals surface area (Å²) in [4.78, 5) is 0. The van der Waals surface area contributed by atoms with Gasteiger partial charge in [-0.25, -0.2) is 0 Å². The molecule has 2 aliphatic carbocycles. The van der Waals surface area contributed by atoms with Crippen molar-refractivity contribution in [2.45, 2.75) is 118 Å². The van der Waals surface area contributed by atoms with E-state index < -0.39 is 0 Å². The van der Waals surface area contributed by atoms with Crippen LogP contribution in [0, 0.1) is 27.2 Å². The average molecular weight is 816 g/mol. The Morgan fingerprint density at radius 3 is 1.21 bits per heavy atom. The van der Waals surface area contributed by atoms with Crippen LogP contribution >= 0.6 is 38.5 Å². The molecular weight excluding hydrogens is 759 g/mol. The molecule has 0 amide bonds. The van der Waals surface area contributed by atoms with E-state index in [4.69, 9.17) is 0 Å². The van der Waals surface area contributed by atoms with E-state index in [1.54, 1.807) is 16.7 Å². The van der Waals surface area contributed by atoms with Gasteiger partial charge in [0.25, 0.3) is 0 Å². The van der Waals surface area contributed by atoms with Crippen LogP contribution in [-0.4, -0.2) is 0 Å². The Hall–Kier alpha value is -1.91. The molecule has 2 aliphatic rings. The van der Waals surface area contributed by atoms with E-state index in [2.05, 4.69) is 167 Å². The zero-order chi connectivity index (χ0) is 34.4. The van der Waals surface area contributed by atoms with Gasteiger partial charge in [0.1, 0.15) is 0 Å².